The van der Waals surface area contributed by atoms with Gasteiger partial charge in [0.1, 0.15) is 18.2 Å². The van der Waals surface area contributed by atoms with Gasteiger partial charge in [0.15, 0.2) is 0 Å². The molecule has 2 rings (SSSR count). The minimum absolute atomic E-state index is 0.0407. The molecule has 5 nitrogen and oxygen atoms in total. The summed E-state index contributed by atoms with van der Waals surface area (Å²) in [7, 11) is 0. The largest absolute Gasteiger partial charge is 0.478 e. The summed E-state index contributed by atoms with van der Waals surface area (Å²) in [6.45, 7) is 0. The molecule has 1 N–H and O–H groups in total. The van der Waals surface area contributed by atoms with Crippen LogP contribution in [0, 0.1) is 0 Å². The van der Waals surface area contributed by atoms with Crippen molar-refractivity contribution in [1.82, 2.24) is 14.8 Å². The first-order valence-corrected chi connectivity index (χ1v) is 4.45. The monoisotopic (exact) mass is 223 g/mol. The van der Waals surface area contributed by atoms with E-state index in [1.807, 2.05) is 0 Å². The molecule has 0 saturated carbocycles. The van der Waals surface area contributed by atoms with Crippen LogP contribution < -0.4 is 0 Å². The molecular weight excluding hydrogens is 218 g/mol. The lowest BCUT2D eigenvalue weighted by Gasteiger charge is -2.06. The average molecular weight is 224 g/mol. The second-order valence-electron chi connectivity index (χ2n) is 2.81. The van der Waals surface area contributed by atoms with Gasteiger partial charge in [-0.1, -0.05) is 17.7 Å². The van der Waals surface area contributed by atoms with Crippen LogP contribution in [0.2, 0.25) is 5.02 Å². The molecular formula is C9H6ClN3O2. The van der Waals surface area contributed by atoms with Gasteiger partial charge in [0.25, 0.3) is 0 Å². The van der Waals surface area contributed by atoms with Crippen molar-refractivity contribution < 1.29 is 9.90 Å². The number of halogens is 1. The molecule has 0 atom stereocenters. The lowest BCUT2D eigenvalue weighted by molar-refractivity contribution is 0.0697. The lowest BCUT2D eigenvalue weighted by atomic mass is 10.2. The van der Waals surface area contributed by atoms with Crippen molar-refractivity contribution in [2.24, 2.45) is 0 Å². The highest BCUT2D eigenvalue weighted by atomic mass is 35.5. The second kappa shape index (κ2) is 3.70. The first-order chi connectivity index (χ1) is 7.20. The van der Waals surface area contributed by atoms with Crippen LogP contribution in [0.25, 0.3) is 5.69 Å². The van der Waals surface area contributed by atoms with Gasteiger partial charge in [-0.05, 0) is 12.1 Å². The number of hydrogen-bond acceptors (Lipinski definition) is 3. The summed E-state index contributed by atoms with van der Waals surface area (Å²) in [6, 6.07) is 4.83. The molecule has 1 aromatic carbocycles. The maximum absolute atomic E-state index is 11.0. The van der Waals surface area contributed by atoms with E-state index in [2.05, 4.69) is 10.2 Å². The Balaban J connectivity index is 2.66. The van der Waals surface area contributed by atoms with Gasteiger partial charge in [-0.15, -0.1) is 10.2 Å². The number of carboxylic acids is 1. The van der Waals surface area contributed by atoms with E-state index in [0.29, 0.717) is 5.69 Å². The van der Waals surface area contributed by atoms with E-state index in [4.69, 9.17) is 16.7 Å². The van der Waals surface area contributed by atoms with Gasteiger partial charge in [0.2, 0.25) is 0 Å². The van der Waals surface area contributed by atoms with Crippen LogP contribution in [0.1, 0.15) is 10.4 Å². The van der Waals surface area contributed by atoms with Gasteiger partial charge >= 0.3 is 5.97 Å². The molecule has 0 aliphatic carbocycles. The van der Waals surface area contributed by atoms with Crippen LogP contribution in [0.3, 0.4) is 0 Å². The maximum Gasteiger partial charge on any atom is 0.339 e. The molecule has 1 aromatic heterocycles. The van der Waals surface area contributed by atoms with Crippen molar-refractivity contribution in [2.75, 3.05) is 0 Å². The van der Waals surface area contributed by atoms with Gasteiger partial charge in [-0.3, -0.25) is 4.57 Å². The number of rotatable bonds is 2. The fourth-order valence-corrected chi connectivity index (χ4v) is 1.52. The minimum atomic E-state index is -1.08. The van der Waals surface area contributed by atoms with Crippen LogP contribution in [0.5, 0.6) is 0 Å². The molecule has 0 amide bonds. The molecule has 0 radical (unpaired) electrons. The quantitative estimate of drug-likeness (QED) is 0.840. The smallest absolute Gasteiger partial charge is 0.339 e. The number of nitrogens with zero attached hydrogens (tertiary/aromatic N) is 3. The van der Waals surface area contributed by atoms with E-state index < -0.39 is 5.97 Å². The molecule has 1 heterocycles. The van der Waals surface area contributed by atoms with E-state index in [-0.39, 0.29) is 10.6 Å². The molecule has 0 aliphatic heterocycles. The normalized spacial score (nSPS) is 10.2. The van der Waals surface area contributed by atoms with Gasteiger partial charge in [-0.2, -0.15) is 0 Å². The predicted molar refractivity (Wildman–Crippen MR) is 53.3 cm³/mol. The number of benzene rings is 1. The Hall–Kier alpha value is -1.88. The van der Waals surface area contributed by atoms with Crippen molar-refractivity contribution in [2.45, 2.75) is 0 Å². The molecule has 0 bridgehead atoms. The van der Waals surface area contributed by atoms with Crippen LogP contribution in [-0.2, 0) is 0 Å². The molecule has 2 aromatic rings. The Morgan fingerprint density at radius 3 is 2.60 bits per heavy atom. The van der Waals surface area contributed by atoms with Gasteiger partial charge in [0, 0.05) is 0 Å². The van der Waals surface area contributed by atoms with E-state index >= 15 is 0 Å². The summed E-state index contributed by atoms with van der Waals surface area (Å²) in [4.78, 5) is 11.0. The minimum Gasteiger partial charge on any atom is -0.478 e. The zero-order valence-corrected chi connectivity index (χ0v) is 8.22. The second-order valence-corrected chi connectivity index (χ2v) is 3.22. The van der Waals surface area contributed by atoms with Crippen LogP contribution in [0.15, 0.2) is 30.9 Å². The van der Waals surface area contributed by atoms with Crippen LogP contribution >= 0.6 is 11.6 Å². The topological polar surface area (TPSA) is 68.0 Å². The zero-order valence-electron chi connectivity index (χ0n) is 7.46. The Morgan fingerprint density at radius 1 is 1.33 bits per heavy atom. The third-order valence-electron chi connectivity index (χ3n) is 1.90. The number of carboxylic acid groups (broad SMARTS) is 1. The predicted octanol–water partition coefficient (Wildman–Crippen LogP) is 1.62. The fourth-order valence-electron chi connectivity index (χ4n) is 1.26. The van der Waals surface area contributed by atoms with Crippen molar-refractivity contribution in [3.63, 3.8) is 0 Å². The number of carbonyl (C=O) groups is 1. The third-order valence-corrected chi connectivity index (χ3v) is 2.22. The van der Waals surface area contributed by atoms with Gasteiger partial charge < -0.3 is 5.11 Å². The third kappa shape index (κ3) is 1.69. The Morgan fingerprint density at radius 2 is 2.00 bits per heavy atom. The summed E-state index contributed by atoms with van der Waals surface area (Å²) < 4.78 is 1.50. The van der Waals surface area contributed by atoms with Gasteiger partial charge in [0.05, 0.1) is 10.7 Å². The maximum atomic E-state index is 11.0. The number of aromatic nitrogens is 3. The molecule has 15 heavy (non-hydrogen) atoms. The SMILES string of the molecule is O=C(O)c1c(Cl)cccc1-n1cnnc1. The highest BCUT2D eigenvalue weighted by molar-refractivity contribution is 6.34. The molecule has 76 valence electrons. The standard InChI is InChI=1S/C9H6ClN3O2/c10-6-2-1-3-7(8(6)9(14)15)13-4-11-12-5-13/h1-5H,(H,14,15). The van der Waals surface area contributed by atoms with Crippen molar-refractivity contribution >= 4 is 17.6 Å². The zero-order chi connectivity index (χ0) is 10.8. The Labute approximate surface area is 89.9 Å². The van der Waals surface area contributed by atoms with Crippen LogP contribution in [-0.4, -0.2) is 25.8 Å². The highest BCUT2D eigenvalue weighted by Gasteiger charge is 2.15. The Kier molecular flexibility index (Phi) is 2.39. The van der Waals surface area contributed by atoms with Crippen molar-refractivity contribution in [3.8, 4) is 5.69 Å². The lowest BCUT2D eigenvalue weighted by Crippen LogP contribution is -2.05. The molecule has 0 spiro atoms. The van der Waals surface area contributed by atoms with Crippen molar-refractivity contribution in [1.29, 1.82) is 0 Å². The van der Waals surface area contributed by atoms with Crippen molar-refractivity contribution in [3.05, 3.63) is 41.4 Å². The van der Waals surface area contributed by atoms with E-state index in [1.54, 1.807) is 12.1 Å². The Bertz CT molecular complexity index is 496. The number of aromatic carboxylic acids is 1. The highest BCUT2D eigenvalue weighted by Crippen LogP contribution is 2.22. The molecule has 0 fully saturated rings. The number of hydrogen-bond donors (Lipinski definition) is 1. The van der Waals surface area contributed by atoms with E-state index in [9.17, 15) is 4.79 Å². The first kappa shape index (κ1) is 9.67. The fraction of sp³-hybridized carbons (Fsp3) is 0. The molecule has 0 saturated heterocycles. The molecule has 0 aliphatic rings. The molecule has 0 unspecified atom stereocenters. The first-order valence-electron chi connectivity index (χ1n) is 4.07. The van der Waals surface area contributed by atoms with E-state index in [1.165, 1.54) is 23.3 Å². The van der Waals surface area contributed by atoms with Gasteiger partial charge in [-0.25, -0.2) is 4.79 Å². The molecule has 6 heteroatoms. The van der Waals surface area contributed by atoms with Crippen LogP contribution in [0.4, 0.5) is 0 Å². The summed E-state index contributed by atoms with van der Waals surface area (Å²) in [5.41, 5.74) is 0.485. The summed E-state index contributed by atoms with van der Waals surface area (Å²) in [5, 5.41) is 16.4. The van der Waals surface area contributed by atoms with E-state index in [0.717, 1.165) is 0 Å². The average Bonchev–Trinajstić information content (AvgIpc) is 2.69. The summed E-state index contributed by atoms with van der Waals surface area (Å²) >= 11 is 5.81. The summed E-state index contributed by atoms with van der Waals surface area (Å²) in [6.07, 6.45) is 2.83. The summed E-state index contributed by atoms with van der Waals surface area (Å²) in [5.74, 6) is -1.08.